The van der Waals surface area contributed by atoms with Crippen LogP contribution >= 0.6 is 0 Å². The van der Waals surface area contributed by atoms with E-state index in [2.05, 4.69) is 15.2 Å². The molecule has 0 radical (unpaired) electrons. The third kappa shape index (κ3) is 4.66. The predicted molar refractivity (Wildman–Crippen MR) is 121 cm³/mol. The van der Waals surface area contributed by atoms with Crippen LogP contribution in [-0.4, -0.2) is 78.6 Å². The second-order valence-electron chi connectivity index (χ2n) is 9.20. The summed E-state index contributed by atoms with van der Waals surface area (Å²) in [7, 11) is 3.39. The highest BCUT2D eigenvalue weighted by molar-refractivity contribution is 5.99. The summed E-state index contributed by atoms with van der Waals surface area (Å²) in [5, 5.41) is 3.61. The first kappa shape index (κ1) is 22.7. The van der Waals surface area contributed by atoms with Crippen LogP contribution in [0, 0.1) is 12.7 Å². The topological polar surface area (TPSA) is 77.7 Å². The minimum Gasteiger partial charge on any atom is -0.375 e. The number of carbonyl (C=O) groups is 2. The Morgan fingerprint density at radius 2 is 2.12 bits per heavy atom. The lowest BCUT2D eigenvalue weighted by atomic mass is 9.90. The monoisotopic (exact) mass is 444 g/mol. The number of ether oxygens (including phenoxy) is 1. The quantitative estimate of drug-likeness (QED) is 0.718. The van der Waals surface area contributed by atoms with Gasteiger partial charge >= 0.3 is 0 Å². The van der Waals surface area contributed by atoms with Crippen molar-refractivity contribution in [3.8, 4) is 0 Å². The third-order valence-electron chi connectivity index (χ3n) is 7.10. The lowest BCUT2D eigenvalue weighted by molar-refractivity contribution is -0.135. The Balaban J connectivity index is 1.35. The third-order valence-corrected chi connectivity index (χ3v) is 7.10. The molecule has 1 aromatic heterocycles. The molecule has 4 rings (SSSR count). The molecule has 3 atom stereocenters. The van der Waals surface area contributed by atoms with Crippen molar-refractivity contribution in [2.24, 2.45) is 0 Å². The van der Waals surface area contributed by atoms with Gasteiger partial charge in [-0.05, 0) is 56.7 Å². The Morgan fingerprint density at radius 1 is 1.31 bits per heavy atom. The van der Waals surface area contributed by atoms with E-state index in [-0.39, 0.29) is 36.3 Å². The van der Waals surface area contributed by atoms with Crippen LogP contribution in [0.2, 0.25) is 0 Å². The van der Waals surface area contributed by atoms with Crippen molar-refractivity contribution in [3.63, 3.8) is 0 Å². The summed E-state index contributed by atoms with van der Waals surface area (Å²) in [5.74, 6) is -0.496. The summed E-state index contributed by atoms with van der Waals surface area (Å²) >= 11 is 0. The van der Waals surface area contributed by atoms with E-state index in [1.807, 2.05) is 18.9 Å². The average molecular weight is 445 g/mol. The van der Waals surface area contributed by atoms with E-state index in [0.29, 0.717) is 22.6 Å². The lowest BCUT2D eigenvalue weighted by Gasteiger charge is -2.36. The van der Waals surface area contributed by atoms with Gasteiger partial charge in [0.25, 0.3) is 5.91 Å². The van der Waals surface area contributed by atoms with Crippen LogP contribution in [0.3, 0.4) is 0 Å². The van der Waals surface area contributed by atoms with Gasteiger partial charge in [0.05, 0.1) is 5.52 Å². The van der Waals surface area contributed by atoms with Crippen molar-refractivity contribution in [2.45, 2.75) is 57.2 Å². The number of hydrogen-bond donors (Lipinski definition) is 2. The zero-order chi connectivity index (χ0) is 22.8. The highest BCUT2D eigenvalue weighted by atomic mass is 19.1. The molecule has 0 spiro atoms. The van der Waals surface area contributed by atoms with Gasteiger partial charge in [0.2, 0.25) is 5.91 Å². The molecule has 2 amide bonds. The largest absolute Gasteiger partial charge is 0.375 e. The number of aryl methyl sites for hydroxylation is 1. The molecule has 1 aromatic carbocycles. The first-order valence-corrected chi connectivity index (χ1v) is 11.4. The zero-order valence-electron chi connectivity index (χ0n) is 19.1. The standard InChI is InChI=1S/C24H33FN4O3/c1-15-7-8-20(25)19-12-21(27-23(15)19)24(31)26-16-5-4-6-17(11-16)29-10-9-18(13-29)28(2)22(30)14-32-3/h7-8,12,16-18,27H,4-6,9-11,13-14H2,1-3H3,(H,26,31)/t16-,17-,18?/m1/s1. The molecule has 2 N–H and O–H groups in total. The molecule has 7 nitrogen and oxygen atoms in total. The number of nitrogens with one attached hydrogen (secondary N) is 2. The Labute approximate surface area is 188 Å². The van der Waals surface area contributed by atoms with Crippen molar-refractivity contribution in [1.29, 1.82) is 0 Å². The van der Waals surface area contributed by atoms with E-state index in [4.69, 9.17) is 4.74 Å². The molecule has 1 aliphatic carbocycles. The molecule has 32 heavy (non-hydrogen) atoms. The Hall–Kier alpha value is -2.45. The zero-order valence-corrected chi connectivity index (χ0v) is 19.1. The van der Waals surface area contributed by atoms with Gasteiger partial charge in [0, 0.05) is 50.8 Å². The number of methoxy groups -OCH3 is 1. The molecule has 2 heterocycles. The molecule has 174 valence electrons. The van der Waals surface area contributed by atoms with Crippen molar-refractivity contribution in [1.82, 2.24) is 20.1 Å². The number of H-pyrrole nitrogens is 1. The van der Waals surface area contributed by atoms with E-state index in [0.717, 1.165) is 50.8 Å². The molecular weight excluding hydrogens is 411 g/mol. The molecule has 2 fully saturated rings. The summed E-state index contributed by atoms with van der Waals surface area (Å²) in [6.07, 6.45) is 4.95. The van der Waals surface area contributed by atoms with E-state index >= 15 is 0 Å². The SMILES string of the molecule is COCC(=O)N(C)C1CCN([C@@H]2CCC[C@@H](NC(=O)c3cc4c(F)ccc(C)c4[nH]3)C2)C1. The van der Waals surface area contributed by atoms with E-state index in [1.54, 1.807) is 12.1 Å². The maximum absolute atomic E-state index is 14.1. The number of fused-ring (bicyclic) bond motifs is 1. The van der Waals surface area contributed by atoms with E-state index in [9.17, 15) is 14.0 Å². The van der Waals surface area contributed by atoms with Gasteiger partial charge in [-0.1, -0.05) is 6.07 Å². The molecule has 1 saturated heterocycles. The summed E-state index contributed by atoms with van der Waals surface area (Å²) in [6.45, 7) is 3.83. The number of halogens is 1. The number of amides is 2. The van der Waals surface area contributed by atoms with Gasteiger partial charge < -0.3 is 19.9 Å². The molecule has 2 aliphatic rings. The maximum atomic E-state index is 14.1. The molecule has 1 unspecified atom stereocenters. The predicted octanol–water partition coefficient (Wildman–Crippen LogP) is 2.84. The number of aromatic amines is 1. The van der Waals surface area contributed by atoms with Crippen LogP contribution in [0.1, 0.15) is 48.2 Å². The Kier molecular flexibility index (Phi) is 6.81. The summed E-state index contributed by atoms with van der Waals surface area (Å²) < 4.78 is 19.1. The van der Waals surface area contributed by atoms with Crippen molar-refractivity contribution >= 4 is 22.7 Å². The maximum Gasteiger partial charge on any atom is 0.267 e. The average Bonchev–Trinajstić information content (AvgIpc) is 3.45. The van der Waals surface area contributed by atoms with Gasteiger partial charge in [0.1, 0.15) is 18.1 Å². The molecule has 0 bridgehead atoms. The van der Waals surface area contributed by atoms with Crippen molar-refractivity contribution < 1.29 is 18.7 Å². The fraction of sp³-hybridized carbons (Fsp3) is 0.583. The number of likely N-dealkylation sites (N-methyl/N-ethyl adjacent to an activating group) is 1. The molecule has 1 saturated carbocycles. The first-order chi connectivity index (χ1) is 15.4. The first-order valence-electron chi connectivity index (χ1n) is 11.4. The minimum absolute atomic E-state index is 0.0122. The van der Waals surface area contributed by atoms with Crippen LogP contribution in [0.5, 0.6) is 0 Å². The molecule has 1 aliphatic heterocycles. The van der Waals surface area contributed by atoms with Crippen LogP contribution in [-0.2, 0) is 9.53 Å². The normalized spacial score (nSPS) is 24.1. The van der Waals surface area contributed by atoms with Crippen LogP contribution in [0.25, 0.3) is 10.9 Å². The second kappa shape index (κ2) is 9.58. The molecule has 2 aromatic rings. The van der Waals surface area contributed by atoms with Gasteiger partial charge in [-0.2, -0.15) is 0 Å². The fourth-order valence-corrected chi connectivity index (χ4v) is 5.18. The number of aromatic nitrogens is 1. The highest BCUT2D eigenvalue weighted by Crippen LogP contribution is 2.28. The van der Waals surface area contributed by atoms with Gasteiger partial charge in [0.15, 0.2) is 0 Å². The number of carbonyl (C=O) groups excluding carboxylic acids is 2. The van der Waals surface area contributed by atoms with Crippen LogP contribution in [0.15, 0.2) is 18.2 Å². The lowest BCUT2D eigenvalue weighted by Crippen LogP contribution is -2.47. The number of nitrogens with zero attached hydrogens (tertiary/aromatic N) is 2. The van der Waals surface area contributed by atoms with Gasteiger partial charge in [-0.25, -0.2) is 4.39 Å². The van der Waals surface area contributed by atoms with Gasteiger partial charge in [-0.3, -0.25) is 14.5 Å². The number of hydrogen-bond acceptors (Lipinski definition) is 4. The Bertz CT molecular complexity index is 952. The summed E-state index contributed by atoms with van der Waals surface area (Å²) in [4.78, 5) is 32.4. The second-order valence-corrected chi connectivity index (χ2v) is 9.20. The molecule has 8 heteroatoms. The number of likely N-dealkylation sites (tertiary alicyclic amines) is 1. The van der Waals surface area contributed by atoms with E-state index < -0.39 is 0 Å². The van der Waals surface area contributed by atoms with Crippen molar-refractivity contribution in [3.05, 3.63) is 35.3 Å². The van der Waals surface area contributed by atoms with Crippen LogP contribution in [0.4, 0.5) is 4.39 Å². The summed E-state index contributed by atoms with van der Waals surface area (Å²) in [5.41, 5.74) is 1.98. The van der Waals surface area contributed by atoms with E-state index in [1.165, 1.54) is 13.2 Å². The minimum atomic E-state index is -0.323. The number of rotatable bonds is 6. The fourth-order valence-electron chi connectivity index (χ4n) is 5.18. The Morgan fingerprint density at radius 3 is 2.88 bits per heavy atom. The van der Waals surface area contributed by atoms with Gasteiger partial charge in [-0.15, -0.1) is 0 Å². The molecular formula is C24H33FN4O3. The van der Waals surface area contributed by atoms with Crippen molar-refractivity contribution in [2.75, 3.05) is 33.9 Å². The number of benzene rings is 1. The highest BCUT2D eigenvalue weighted by Gasteiger charge is 2.35. The smallest absolute Gasteiger partial charge is 0.267 e. The van der Waals surface area contributed by atoms with Crippen LogP contribution < -0.4 is 5.32 Å². The summed E-state index contributed by atoms with van der Waals surface area (Å²) in [6, 6.07) is 5.44.